The molecule has 5 nitrogen and oxygen atoms in total. The van der Waals surface area contributed by atoms with Crippen LogP contribution in [0, 0.1) is 0 Å². The van der Waals surface area contributed by atoms with Gasteiger partial charge in [-0.2, -0.15) is 0 Å². The summed E-state index contributed by atoms with van der Waals surface area (Å²) in [5, 5.41) is 11.9. The first-order chi connectivity index (χ1) is 9.69. The van der Waals surface area contributed by atoms with E-state index in [2.05, 4.69) is 31.1 Å². The smallest absolute Gasteiger partial charge is 0.239 e. The number of carbonyl (C=O) groups excluding carboxylic acids is 1. The Morgan fingerprint density at radius 1 is 1.45 bits per heavy atom. The van der Waals surface area contributed by atoms with Crippen molar-refractivity contribution in [3.63, 3.8) is 0 Å². The molecule has 0 aliphatic heterocycles. The second kappa shape index (κ2) is 7.71. The van der Waals surface area contributed by atoms with Gasteiger partial charge in [-0.3, -0.25) is 9.69 Å². The van der Waals surface area contributed by atoms with Crippen LogP contribution in [0.15, 0.2) is 22.8 Å². The number of aromatic nitrogens is 1. The number of anilines is 1. The van der Waals surface area contributed by atoms with Gasteiger partial charge in [0.2, 0.25) is 5.91 Å². The van der Waals surface area contributed by atoms with Crippen LogP contribution in [0.25, 0.3) is 0 Å². The SMILES string of the molecule is O=C(CN(CCO)C1CCCC1)Nc1ccc(Br)cn1. The van der Waals surface area contributed by atoms with Crippen LogP contribution >= 0.6 is 15.9 Å². The first kappa shape index (κ1) is 15.4. The minimum absolute atomic E-state index is 0.0832. The molecule has 0 saturated heterocycles. The summed E-state index contributed by atoms with van der Waals surface area (Å²) in [7, 11) is 0. The van der Waals surface area contributed by atoms with E-state index in [1.165, 1.54) is 12.8 Å². The zero-order valence-corrected chi connectivity index (χ0v) is 13.0. The molecule has 1 saturated carbocycles. The van der Waals surface area contributed by atoms with Gasteiger partial charge < -0.3 is 10.4 Å². The van der Waals surface area contributed by atoms with Crippen LogP contribution in [0.3, 0.4) is 0 Å². The number of rotatable bonds is 6. The molecular formula is C14H20BrN3O2. The number of aliphatic hydroxyl groups is 1. The lowest BCUT2D eigenvalue weighted by Gasteiger charge is -2.27. The Morgan fingerprint density at radius 3 is 2.80 bits per heavy atom. The zero-order valence-electron chi connectivity index (χ0n) is 11.4. The number of pyridine rings is 1. The third kappa shape index (κ3) is 4.54. The lowest BCUT2D eigenvalue weighted by molar-refractivity contribution is -0.118. The van der Waals surface area contributed by atoms with Crippen LogP contribution in [0.1, 0.15) is 25.7 Å². The number of carbonyl (C=O) groups is 1. The third-order valence-corrected chi connectivity index (χ3v) is 4.04. The van der Waals surface area contributed by atoms with Crippen LogP contribution in [0.5, 0.6) is 0 Å². The molecule has 110 valence electrons. The molecule has 20 heavy (non-hydrogen) atoms. The van der Waals surface area contributed by atoms with Crippen molar-refractivity contribution in [1.82, 2.24) is 9.88 Å². The summed E-state index contributed by atoms with van der Waals surface area (Å²) in [5.74, 6) is 0.466. The highest BCUT2D eigenvalue weighted by atomic mass is 79.9. The summed E-state index contributed by atoms with van der Waals surface area (Å²) in [6, 6.07) is 4.02. The number of halogens is 1. The van der Waals surface area contributed by atoms with Crippen LogP contribution in [0.2, 0.25) is 0 Å². The largest absolute Gasteiger partial charge is 0.395 e. The molecule has 1 heterocycles. The van der Waals surface area contributed by atoms with Crippen molar-refractivity contribution in [2.75, 3.05) is 25.0 Å². The van der Waals surface area contributed by atoms with Gasteiger partial charge in [-0.05, 0) is 40.9 Å². The molecular weight excluding hydrogens is 322 g/mol. The van der Waals surface area contributed by atoms with Crippen LogP contribution in [-0.2, 0) is 4.79 Å². The molecule has 1 fully saturated rings. The van der Waals surface area contributed by atoms with Gasteiger partial charge in [0.05, 0.1) is 13.2 Å². The Bertz CT molecular complexity index is 433. The first-order valence-corrected chi connectivity index (χ1v) is 7.74. The fourth-order valence-corrected chi connectivity index (χ4v) is 2.84. The molecule has 0 unspecified atom stereocenters. The standard InChI is InChI=1S/C14H20BrN3O2/c15-11-5-6-13(16-9-11)17-14(20)10-18(7-8-19)12-3-1-2-4-12/h5-6,9,12,19H,1-4,7-8,10H2,(H,16,17,20). The second-order valence-electron chi connectivity index (χ2n) is 5.04. The highest BCUT2D eigenvalue weighted by molar-refractivity contribution is 9.10. The van der Waals surface area contributed by atoms with Crippen LogP contribution in [-0.4, -0.2) is 46.6 Å². The van der Waals surface area contributed by atoms with Gasteiger partial charge in [-0.1, -0.05) is 12.8 Å². The van der Waals surface area contributed by atoms with Gasteiger partial charge in [0.15, 0.2) is 0 Å². The maximum atomic E-state index is 12.1. The lowest BCUT2D eigenvalue weighted by Crippen LogP contribution is -2.41. The molecule has 0 atom stereocenters. The third-order valence-electron chi connectivity index (χ3n) is 3.57. The van der Waals surface area contributed by atoms with Crippen molar-refractivity contribution in [3.8, 4) is 0 Å². The molecule has 0 spiro atoms. The van der Waals surface area contributed by atoms with E-state index in [-0.39, 0.29) is 12.5 Å². The van der Waals surface area contributed by atoms with E-state index in [0.29, 0.717) is 24.9 Å². The summed E-state index contributed by atoms with van der Waals surface area (Å²) in [5.41, 5.74) is 0. The van der Waals surface area contributed by atoms with Crippen molar-refractivity contribution in [1.29, 1.82) is 0 Å². The van der Waals surface area contributed by atoms with Gasteiger partial charge in [0.1, 0.15) is 5.82 Å². The van der Waals surface area contributed by atoms with Crippen LogP contribution in [0.4, 0.5) is 5.82 Å². The Hall–Kier alpha value is -0.980. The molecule has 2 rings (SSSR count). The average Bonchev–Trinajstić information content (AvgIpc) is 2.95. The predicted molar refractivity (Wildman–Crippen MR) is 81.5 cm³/mol. The summed E-state index contributed by atoms with van der Waals surface area (Å²) in [6.07, 6.45) is 6.30. The predicted octanol–water partition coefficient (Wildman–Crippen LogP) is 2.02. The molecule has 1 aliphatic rings. The minimum atomic E-state index is -0.0832. The summed E-state index contributed by atoms with van der Waals surface area (Å²) in [6.45, 7) is 0.940. The van der Waals surface area contributed by atoms with E-state index < -0.39 is 0 Å². The first-order valence-electron chi connectivity index (χ1n) is 6.95. The average molecular weight is 342 g/mol. The summed E-state index contributed by atoms with van der Waals surface area (Å²) in [4.78, 5) is 18.2. The maximum Gasteiger partial charge on any atom is 0.239 e. The summed E-state index contributed by atoms with van der Waals surface area (Å²) >= 11 is 3.31. The molecule has 2 N–H and O–H groups in total. The number of nitrogens with zero attached hydrogens (tertiary/aromatic N) is 2. The minimum Gasteiger partial charge on any atom is -0.395 e. The van der Waals surface area contributed by atoms with Gasteiger partial charge in [0, 0.05) is 23.3 Å². The zero-order chi connectivity index (χ0) is 14.4. The number of nitrogens with one attached hydrogen (secondary N) is 1. The lowest BCUT2D eigenvalue weighted by atomic mass is 10.2. The molecule has 1 aromatic heterocycles. The monoisotopic (exact) mass is 341 g/mol. The van der Waals surface area contributed by atoms with Gasteiger partial charge in [-0.15, -0.1) is 0 Å². The van der Waals surface area contributed by atoms with E-state index in [9.17, 15) is 4.79 Å². The van der Waals surface area contributed by atoms with Crippen molar-refractivity contribution in [2.24, 2.45) is 0 Å². The second-order valence-corrected chi connectivity index (χ2v) is 5.96. The van der Waals surface area contributed by atoms with E-state index in [0.717, 1.165) is 17.3 Å². The molecule has 0 bridgehead atoms. The fourth-order valence-electron chi connectivity index (χ4n) is 2.61. The van der Waals surface area contributed by atoms with Crippen LogP contribution < -0.4 is 5.32 Å². The Labute approximate surface area is 127 Å². The van der Waals surface area contributed by atoms with E-state index in [4.69, 9.17) is 5.11 Å². The van der Waals surface area contributed by atoms with Gasteiger partial charge in [-0.25, -0.2) is 4.98 Å². The number of hydrogen-bond donors (Lipinski definition) is 2. The quantitative estimate of drug-likeness (QED) is 0.830. The van der Waals surface area contributed by atoms with Gasteiger partial charge >= 0.3 is 0 Å². The van der Waals surface area contributed by atoms with Crippen molar-refractivity contribution in [2.45, 2.75) is 31.7 Å². The van der Waals surface area contributed by atoms with Crippen molar-refractivity contribution < 1.29 is 9.90 Å². The molecule has 1 aromatic rings. The van der Waals surface area contributed by atoms with Crippen molar-refractivity contribution >= 4 is 27.7 Å². The van der Waals surface area contributed by atoms with Gasteiger partial charge in [0.25, 0.3) is 0 Å². The molecule has 0 aromatic carbocycles. The number of hydrogen-bond acceptors (Lipinski definition) is 4. The highest BCUT2D eigenvalue weighted by Crippen LogP contribution is 2.23. The molecule has 1 aliphatic carbocycles. The highest BCUT2D eigenvalue weighted by Gasteiger charge is 2.23. The normalized spacial score (nSPS) is 15.8. The summed E-state index contributed by atoms with van der Waals surface area (Å²) < 4.78 is 0.878. The topological polar surface area (TPSA) is 65.5 Å². The van der Waals surface area contributed by atoms with E-state index in [1.807, 2.05) is 6.07 Å². The maximum absolute atomic E-state index is 12.1. The fraction of sp³-hybridized carbons (Fsp3) is 0.571. The Morgan fingerprint density at radius 2 is 2.20 bits per heavy atom. The Kier molecular flexibility index (Phi) is 5.94. The molecule has 0 radical (unpaired) electrons. The Balaban J connectivity index is 1.88. The van der Waals surface area contributed by atoms with E-state index in [1.54, 1.807) is 12.3 Å². The van der Waals surface area contributed by atoms with E-state index >= 15 is 0 Å². The number of aliphatic hydroxyl groups excluding tert-OH is 1. The molecule has 1 amide bonds. The number of amides is 1. The molecule has 6 heteroatoms. The van der Waals surface area contributed by atoms with Crippen molar-refractivity contribution in [3.05, 3.63) is 22.8 Å².